The molecule has 154 valence electrons. The average molecular weight is 423 g/mol. The molecule has 0 fully saturated rings. The summed E-state index contributed by atoms with van der Waals surface area (Å²) < 4.78 is 5.65. The van der Waals surface area contributed by atoms with E-state index in [2.05, 4.69) is 10.6 Å². The first-order valence-corrected chi connectivity index (χ1v) is 10.00. The van der Waals surface area contributed by atoms with Gasteiger partial charge in [-0.1, -0.05) is 54.1 Å². The Hall–Kier alpha value is -3.31. The SMILES string of the molecule is C[C@H](Oc1ccc(Cl)cc1)C(=O)Nc1ccccc1C(=O)N[C@H](C)c1ccccc1. The van der Waals surface area contributed by atoms with E-state index >= 15 is 0 Å². The van der Waals surface area contributed by atoms with Crippen LogP contribution in [0, 0.1) is 0 Å². The molecule has 0 spiro atoms. The Morgan fingerprint density at radius 2 is 1.50 bits per heavy atom. The third-order valence-corrected chi connectivity index (χ3v) is 4.82. The molecule has 0 radical (unpaired) electrons. The Morgan fingerprint density at radius 1 is 0.867 bits per heavy atom. The molecule has 2 amide bonds. The molecule has 0 aliphatic heterocycles. The summed E-state index contributed by atoms with van der Waals surface area (Å²) in [5, 5.41) is 6.34. The normalized spacial score (nSPS) is 12.5. The number of rotatable bonds is 7. The fraction of sp³-hybridized carbons (Fsp3) is 0.167. The maximum Gasteiger partial charge on any atom is 0.265 e. The lowest BCUT2D eigenvalue weighted by Gasteiger charge is -2.18. The van der Waals surface area contributed by atoms with Crippen molar-refractivity contribution in [2.24, 2.45) is 0 Å². The largest absolute Gasteiger partial charge is 0.481 e. The summed E-state index contributed by atoms with van der Waals surface area (Å²) in [5.41, 5.74) is 1.80. The molecule has 0 bridgehead atoms. The van der Waals surface area contributed by atoms with Gasteiger partial charge in [0, 0.05) is 5.02 Å². The van der Waals surface area contributed by atoms with Crippen molar-refractivity contribution in [2.75, 3.05) is 5.32 Å². The molecule has 0 aliphatic carbocycles. The van der Waals surface area contributed by atoms with Gasteiger partial charge in [-0.05, 0) is 55.8 Å². The minimum Gasteiger partial charge on any atom is -0.481 e. The molecule has 2 N–H and O–H groups in total. The fourth-order valence-corrected chi connectivity index (χ4v) is 3.02. The molecule has 0 aliphatic rings. The minimum atomic E-state index is -0.759. The second kappa shape index (κ2) is 9.94. The quantitative estimate of drug-likeness (QED) is 0.547. The number of nitrogens with one attached hydrogen (secondary N) is 2. The molecule has 0 heterocycles. The summed E-state index contributed by atoms with van der Waals surface area (Å²) >= 11 is 5.87. The number of hydrogen-bond acceptors (Lipinski definition) is 3. The molecule has 0 saturated heterocycles. The number of anilines is 1. The minimum absolute atomic E-state index is 0.172. The number of halogens is 1. The number of amides is 2. The van der Waals surface area contributed by atoms with Gasteiger partial charge < -0.3 is 15.4 Å². The molecule has 0 saturated carbocycles. The van der Waals surface area contributed by atoms with Crippen LogP contribution in [-0.4, -0.2) is 17.9 Å². The second-order valence-electron chi connectivity index (χ2n) is 6.85. The summed E-state index contributed by atoms with van der Waals surface area (Å²) in [5.74, 6) is -0.0976. The Kier molecular flexibility index (Phi) is 7.09. The van der Waals surface area contributed by atoms with E-state index in [0.717, 1.165) is 5.56 Å². The lowest BCUT2D eigenvalue weighted by atomic mass is 10.1. The maximum absolute atomic E-state index is 12.8. The van der Waals surface area contributed by atoms with Crippen LogP contribution in [0.3, 0.4) is 0 Å². The maximum atomic E-state index is 12.8. The Bertz CT molecular complexity index is 1010. The third-order valence-electron chi connectivity index (χ3n) is 4.57. The van der Waals surface area contributed by atoms with E-state index in [1.165, 1.54) is 0 Å². The van der Waals surface area contributed by atoms with Crippen LogP contribution in [0.1, 0.15) is 35.8 Å². The van der Waals surface area contributed by atoms with Crippen molar-refractivity contribution < 1.29 is 14.3 Å². The van der Waals surface area contributed by atoms with E-state index in [0.29, 0.717) is 22.0 Å². The summed E-state index contributed by atoms with van der Waals surface area (Å²) in [4.78, 5) is 25.4. The molecule has 0 aromatic heterocycles. The molecule has 3 aromatic carbocycles. The summed E-state index contributed by atoms with van der Waals surface area (Å²) in [6.45, 7) is 3.56. The van der Waals surface area contributed by atoms with Crippen molar-refractivity contribution in [2.45, 2.75) is 26.0 Å². The van der Waals surface area contributed by atoms with Crippen LogP contribution in [0.15, 0.2) is 78.9 Å². The summed E-state index contributed by atoms with van der Waals surface area (Å²) in [6.07, 6.45) is -0.759. The van der Waals surface area contributed by atoms with Gasteiger partial charge in [-0.15, -0.1) is 0 Å². The first-order chi connectivity index (χ1) is 14.4. The second-order valence-corrected chi connectivity index (χ2v) is 7.29. The Morgan fingerprint density at radius 3 is 2.20 bits per heavy atom. The number of hydrogen-bond donors (Lipinski definition) is 2. The van der Waals surface area contributed by atoms with Gasteiger partial charge in [-0.25, -0.2) is 0 Å². The highest BCUT2D eigenvalue weighted by Gasteiger charge is 2.19. The van der Waals surface area contributed by atoms with Crippen LogP contribution >= 0.6 is 11.6 Å². The lowest BCUT2D eigenvalue weighted by molar-refractivity contribution is -0.122. The molecule has 6 heteroatoms. The van der Waals surface area contributed by atoms with E-state index in [-0.39, 0.29) is 17.9 Å². The van der Waals surface area contributed by atoms with Crippen LogP contribution in [0.25, 0.3) is 0 Å². The molecule has 0 unspecified atom stereocenters. The van der Waals surface area contributed by atoms with Gasteiger partial charge in [0.2, 0.25) is 0 Å². The molecular formula is C24H23ClN2O3. The van der Waals surface area contributed by atoms with Crippen molar-refractivity contribution in [1.29, 1.82) is 0 Å². The van der Waals surface area contributed by atoms with Crippen molar-refractivity contribution in [3.8, 4) is 5.75 Å². The standard InChI is InChI=1S/C24H23ClN2O3/c1-16(18-8-4-3-5-9-18)26-24(29)21-10-6-7-11-22(21)27-23(28)17(2)30-20-14-12-19(25)13-15-20/h3-17H,1-2H3,(H,26,29)(H,27,28)/t16-,17+/m1/s1. The molecule has 5 nitrogen and oxygen atoms in total. The summed E-state index contributed by atoms with van der Waals surface area (Å²) in [7, 11) is 0. The number of ether oxygens (including phenoxy) is 1. The highest BCUT2D eigenvalue weighted by Crippen LogP contribution is 2.20. The number of carbonyl (C=O) groups excluding carboxylic acids is 2. The predicted molar refractivity (Wildman–Crippen MR) is 119 cm³/mol. The Balaban J connectivity index is 1.67. The zero-order valence-electron chi connectivity index (χ0n) is 16.8. The van der Waals surface area contributed by atoms with E-state index in [4.69, 9.17) is 16.3 Å². The molecule has 3 aromatic rings. The zero-order chi connectivity index (χ0) is 21.5. The van der Waals surface area contributed by atoms with Gasteiger partial charge in [0.1, 0.15) is 5.75 Å². The van der Waals surface area contributed by atoms with Crippen LogP contribution < -0.4 is 15.4 Å². The van der Waals surface area contributed by atoms with Crippen molar-refractivity contribution in [1.82, 2.24) is 5.32 Å². The van der Waals surface area contributed by atoms with Gasteiger partial charge in [0.15, 0.2) is 6.10 Å². The number of benzene rings is 3. The van der Waals surface area contributed by atoms with E-state index in [1.807, 2.05) is 37.3 Å². The third kappa shape index (κ3) is 5.61. The van der Waals surface area contributed by atoms with E-state index < -0.39 is 6.10 Å². The topological polar surface area (TPSA) is 67.4 Å². The molecule has 2 atom stereocenters. The van der Waals surface area contributed by atoms with Gasteiger partial charge in [-0.3, -0.25) is 9.59 Å². The van der Waals surface area contributed by atoms with Gasteiger partial charge in [0.05, 0.1) is 17.3 Å². The first kappa shape index (κ1) is 21.4. The predicted octanol–water partition coefficient (Wildman–Crippen LogP) is 5.24. The number of carbonyl (C=O) groups is 2. The lowest BCUT2D eigenvalue weighted by Crippen LogP contribution is -2.32. The van der Waals surface area contributed by atoms with Crippen molar-refractivity contribution in [3.05, 3.63) is 95.0 Å². The molecule has 30 heavy (non-hydrogen) atoms. The van der Waals surface area contributed by atoms with Crippen LogP contribution in [0.4, 0.5) is 5.69 Å². The van der Waals surface area contributed by atoms with Crippen LogP contribution in [-0.2, 0) is 4.79 Å². The van der Waals surface area contributed by atoms with Crippen LogP contribution in [0.5, 0.6) is 5.75 Å². The average Bonchev–Trinajstić information content (AvgIpc) is 2.76. The summed E-state index contributed by atoms with van der Waals surface area (Å²) in [6, 6.07) is 23.2. The number of para-hydroxylation sites is 1. The fourth-order valence-electron chi connectivity index (χ4n) is 2.89. The molecule has 3 rings (SSSR count). The monoisotopic (exact) mass is 422 g/mol. The first-order valence-electron chi connectivity index (χ1n) is 9.62. The van der Waals surface area contributed by atoms with Gasteiger partial charge in [-0.2, -0.15) is 0 Å². The van der Waals surface area contributed by atoms with Crippen molar-refractivity contribution >= 4 is 29.1 Å². The zero-order valence-corrected chi connectivity index (χ0v) is 17.5. The van der Waals surface area contributed by atoms with Gasteiger partial charge in [0.25, 0.3) is 11.8 Å². The Labute approximate surface area is 181 Å². The highest BCUT2D eigenvalue weighted by molar-refractivity contribution is 6.30. The molecular weight excluding hydrogens is 400 g/mol. The van der Waals surface area contributed by atoms with E-state index in [9.17, 15) is 9.59 Å². The smallest absolute Gasteiger partial charge is 0.265 e. The van der Waals surface area contributed by atoms with Crippen molar-refractivity contribution in [3.63, 3.8) is 0 Å². The van der Waals surface area contributed by atoms with E-state index in [1.54, 1.807) is 55.5 Å². The van der Waals surface area contributed by atoms with Crippen LogP contribution in [0.2, 0.25) is 5.02 Å². The highest BCUT2D eigenvalue weighted by atomic mass is 35.5. The van der Waals surface area contributed by atoms with Gasteiger partial charge >= 0.3 is 0 Å².